The second-order valence-electron chi connectivity index (χ2n) is 0.908. The molecule has 48 valence electrons. The lowest BCUT2D eigenvalue weighted by Crippen LogP contribution is -1.69. The van der Waals surface area contributed by atoms with Crippen LogP contribution in [0.3, 0.4) is 0 Å². The van der Waals surface area contributed by atoms with Crippen molar-refractivity contribution in [3.63, 3.8) is 0 Å². The molecule has 0 aromatic carbocycles. The molecule has 0 saturated heterocycles. The highest BCUT2D eigenvalue weighted by Crippen LogP contribution is 1.50. The standard InChI is InChI=1S/C3H6O.2C2H4/c1-3(2)4;2*1-2/h1-2H3;2*1-2H2. The molecule has 0 rings (SSSR count). The molecule has 0 fully saturated rings. The van der Waals surface area contributed by atoms with E-state index in [1.807, 2.05) is 0 Å². The number of ketones is 1. The Balaban J connectivity index is -0.0000000542. The summed E-state index contributed by atoms with van der Waals surface area (Å²) in [6, 6.07) is 0. The fourth-order valence-electron chi connectivity index (χ4n) is 0. The molecule has 0 N–H and O–H groups in total. The van der Waals surface area contributed by atoms with E-state index in [9.17, 15) is 4.79 Å². The van der Waals surface area contributed by atoms with Crippen molar-refractivity contribution in [3.8, 4) is 0 Å². The molecule has 0 heterocycles. The fraction of sp³-hybridized carbons (Fsp3) is 0.286. The first-order valence-electron chi connectivity index (χ1n) is 2.20. The van der Waals surface area contributed by atoms with Crippen molar-refractivity contribution in [2.75, 3.05) is 0 Å². The van der Waals surface area contributed by atoms with Gasteiger partial charge in [-0.05, 0) is 13.8 Å². The zero-order valence-corrected chi connectivity index (χ0v) is 5.74. The number of Topliss-reactive ketones (excluding diaryl/α,β-unsaturated/α-hetero) is 1. The van der Waals surface area contributed by atoms with Crippen LogP contribution >= 0.6 is 0 Å². The summed E-state index contributed by atoms with van der Waals surface area (Å²) in [7, 11) is 0. The molecule has 0 aliphatic heterocycles. The minimum absolute atomic E-state index is 0.167. The molecule has 0 saturated carbocycles. The molecule has 0 amide bonds. The first-order valence-corrected chi connectivity index (χ1v) is 2.20. The van der Waals surface area contributed by atoms with Gasteiger partial charge in [-0.2, -0.15) is 0 Å². The quantitative estimate of drug-likeness (QED) is 0.441. The van der Waals surface area contributed by atoms with Crippen LogP contribution in [0.4, 0.5) is 0 Å². The Morgan fingerprint density at radius 3 is 1.00 bits per heavy atom. The minimum Gasteiger partial charge on any atom is -0.300 e. The van der Waals surface area contributed by atoms with Gasteiger partial charge >= 0.3 is 0 Å². The number of carbonyl (C=O) groups is 1. The Hall–Kier alpha value is -0.850. The highest BCUT2D eigenvalue weighted by Gasteiger charge is 1.62. The van der Waals surface area contributed by atoms with Crippen LogP contribution in [0.2, 0.25) is 0 Å². The number of rotatable bonds is 0. The summed E-state index contributed by atoms with van der Waals surface area (Å²) in [6.45, 7) is 15.1. The molecule has 8 heavy (non-hydrogen) atoms. The van der Waals surface area contributed by atoms with Crippen LogP contribution in [0.15, 0.2) is 26.3 Å². The predicted octanol–water partition coefficient (Wildman–Crippen LogP) is 2.20. The topological polar surface area (TPSA) is 17.1 Å². The summed E-state index contributed by atoms with van der Waals surface area (Å²) >= 11 is 0. The first kappa shape index (κ1) is 15.7. The minimum atomic E-state index is 0.167. The van der Waals surface area contributed by atoms with Crippen LogP contribution in [-0.4, -0.2) is 5.78 Å². The normalized spacial score (nSPS) is 4.25. The summed E-state index contributed by atoms with van der Waals surface area (Å²) in [5.74, 6) is 0.167. The highest BCUT2D eigenvalue weighted by atomic mass is 16.1. The molecule has 1 nitrogen and oxygen atoms in total. The molecule has 0 spiro atoms. The van der Waals surface area contributed by atoms with E-state index < -0.39 is 0 Å². The van der Waals surface area contributed by atoms with Gasteiger partial charge in [-0.3, -0.25) is 0 Å². The molecule has 0 radical (unpaired) electrons. The van der Waals surface area contributed by atoms with Crippen molar-refractivity contribution in [2.24, 2.45) is 0 Å². The van der Waals surface area contributed by atoms with E-state index in [2.05, 4.69) is 26.3 Å². The SMILES string of the molecule is C=C.C=C.CC(C)=O. The van der Waals surface area contributed by atoms with E-state index in [0.717, 1.165) is 0 Å². The summed E-state index contributed by atoms with van der Waals surface area (Å²) in [6.07, 6.45) is 0. The second kappa shape index (κ2) is 35.3. The summed E-state index contributed by atoms with van der Waals surface area (Å²) in [5.41, 5.74) is 0. The van der Waals surface area contributed by atoms with Crippen molar-refractivity contribution in [1.82, 2.24) is 0 Å². The predicted molar refractivity (Wildman–Crippen MR) is 38.9 cm³/mol. The molecular formula is C7H14O. The van der Waals surface area contributed by atoms with E-state index in [0.29, 0.717) is 0 Å². The summed E-state index contributed by atoms with van der Waals surface area (Å²) in [4.78, 5) is 9.44. The van der Waals surface area contributed by atoms with Crippen LogP contribution in [0, 0.1) is 0 Å². The van der Waals surface area contributed by atoms with Crippen LogP contribution in [-0.2, 0) is 4.79 Å². The van der Waals surface area contributed by atoms with Crippen LogP contribution in [0.1, 0.15) is 13.8 Å². The molecule has 0 bridgehead atoms. The third-order valence-corrected chi connectivity index (χ3v) is 0. The largest absolute Gasteiger partial charge is 0.300 e. The molecule has 0 aromatic heterocycles. The zero-order valence-electron chi connectivity index (χ0n) is 5.74. The monoisotopic (exact) mass is 114 g/mol. The lowest BCUT2D eigenvalue weighted by atomic mass is 10.6. The number of hydrogen-bond acceptors (Lipinski definition) is 1. The van der Waals surface area contributed by atoms with E-state index in [1.165, 1.54) is 13.8 Å². The van der Waals surface area contributed by atoms with E-state index in [4.69, 9.17) is 0 Å². The fourth-order valence-corrected chi connectivity index (χ4v) is 0. The Bertz CT molecular complexity index is 42.3. The lowest BCUT2D eigenvalue weighted by Gasteiger charge is -1.56. The van der Waals surface area contributed by atoms with Gasteiger partial charge in [0.05, 0.1) is 0 Å². The Morgan fingerprint density at radius 1 is 1.00 bits per heavy atom. The molecule has 0 unspecified atom stereocenters. The number of carbonyl (C=O) groups excluding carboxylic acids is 1. The van der Waals surface area contributed by atoms with Gasteiger partial charge in [0.15, 0.2) is 0 Å². The van der Waals surface area contributed by atoms with Gasteiger partial charge in [0.25, 0.3) is 0 Å². The van der Waals surface area contributed by atoms with Crippen LogP contribution in [0.5, 0.6) is 0 Å². The molecule has 0 aromatic rings. The van der Waals surface area contributed by atoms with Crippen molar-refractivity contribution in [1.29, 1.82) is 0 Å². The van der Waals surface area contributed by atoms with E-state index >= 15 is 0 Å². The highest BCUT2D eigenvalue weighted by molar-refractivity contribution is 5.72. The van der Waals surface area contributed by atoms with E-state index in [-0.39, 0.29) is 5.78 Å². The third kappa shape index (κ3) is 123. The summed E-state index contributed by atoms with van der Waals surface area (Å²) in [5, 5.41) is 0. The molecule has 0 aliphatic rings. The van der Waals surface area contributed by atoms with Crippen molar-refractivity contribution in [3.05, 3.63) is 26.3 Å². The van der Waals surface area contributed by atoms with Crippen LogP contribution < -0.4 is 0 Å². The smallest absolute Gasteiger partial charge is 0.126 e. The third-order valence-electron chi connectivity index (χ3n) is 0. The summed E-state index contributed by atoms with van der Waals surface area (Å²) < 4.78 is 0. The van der Waals surface area contributed by atoms with Crippen molar-refractivity contribution >= 4 is 5.78 Å². The first-order chi connectivity index (χ1) is 3.73. The van der Waals surface area contributed by atoms with E-state index in [1.54, 1.807) is 0 Å². The van der Waals surface area contributed by atoms with Gasteiger partial charge < -0.3 is 4.79 Å². The Kier molecular flexibility index (Phi) is 69.3. The second-order valence-corrected chi connectivity index (χ2v) is 0.908. The average molecular weight is 114 g/mol. The van der Waals surface area contributed by atoms with Gasteiger partial charge in [-0.1, -0.05) is 0 Å². The molecule has 1 heteroatoms. The lowest BCUT2D eigenvalue weighted by molar-refractivity contribution is -0.114. The Labute approximate surface area is 51.7 Å². The molecule has 0 aliphatic carbocycles. The number of hydrogen-bond donors (Lipinski definition) is 0. The van der Waals surface area contributed by atoms with Gasteiger partial charge in [0.2, 0.25) is 0 Å². The maximum absolute atomic E-state index is 9.44. The maximum atomic E-state index is 9.44. The van der Waals surface area contributed by atoms with Crippen molar-refractivity contribution in [2.45, 2.75) is 13.8 Å². The van der Waals surface area contributed by atoms with Gasteiger partial charge in [-0.15, -0.1) is 26.3 Å². The van der Waals surface area contributed by atoms with Gasteiger partial charge in [0.1, 0.15) is 5.78 Å². The van der Waals surface area contributed by atoms with Crippen molar-refractivity contribution < 1.29 is 4.79 Å². The van der Waals surface area contributed by atoms with Gasteiger partial charge in [0, 0.05) is 0 Å². The van der Waals surface area contributed by atoms with Crippen LogP contribution in [0.25, 0.3) is 0 Å². The van der Waals surface area contributed by atoms with Gasteiger partial charge in [-0.25, -0.2) is 0 Å². The molecular weight excluding hydrogens is 100 g/mol. The maximum Gasteiger partial charge on any atom is 0.126 e. The Morgan fingerprint density at radius 2 is 1.00 bits per heavy atom. The average Bonchev–Trinajstić information content (AvgIpc) is 1.75. The zero-order chi connectivity index (χ0) is 7.58. The molecule has 0 atom stereocenters.